The van der Waals surface area contributed by atoms with E-state index in [0.29, 0.717) is 17.4 Å². The van der Waals surface area contributed by atoms with Gasteiger partial charge in [-0.3, -0.25) is 9.52 Å². The van der Waals surface area contributed by atoms with Crippen LogP contribution in [0.2, 0.25) is 0 Å². The zero-order valence-corrected chi connectivity index (χ0v) is 16.8. The molecule has 0 unspecified atom stereocenters. The summed E-state index contributed by atoms with van der Waals surface area (Å²) in [7, 11) is -3.94. The van der Waals surface area contributed by atoms with Crippen LogP contribution in [-0.2, 0) is 10.0 Å². The summed E-state index contributed by atoms with van der Waals surface area (Å²) in [6, 6.07) is 11.3. The molecule has 0 heterocycles. The van der Waals surface area contributed by atoms with Crippen LogP contribution in [0.3, 0.4) is 0 Å². The van der Waals surface area contributed by atoms with Gasteiger partial charge in [-0.1, -0.05) is 38.8 Å². The van der Waals surface area contributed by atoms with Crippen molar-refractivity contribution in [3.63, 3.8) is 0 Å². The fourth-order valence-electron chi connectivity index (χ4n) is 3.57. The van der Waals surface area contributed by atoms with Gasteiger partial charge in [0, 0.05) is 11.6 Å². The molecule has 2 N–H and O–H groups in total. The van der Waals surface area contributed by atoms with Crippen LogP contribution >= 0.6 is 0 Å². The van der Waals surface area contributed by atoms with E-state index in [0.717, 1.165) is 12.8 Å². The Bertz CT molecular complexity index is 944. The SMILES string of the molecule is C[C@@H]1[C@@H](C)CCC[C@H]1NC(=O)c1ccc(S(=O)(=O)Nc2ccccc2F)cc1. The summed E-state index contributed by atoms with van der Waals surface area (Å²) >= 11 is 0. The molecule has 1 aliphatic rings. The van der Waals surface area contributed by atoms with Crippen LogP contribution in [0.4, 0.5) is 10.1 Å². The molecule has 0 radical (unpaired) electrons. The zero-order chi connectivity index (χ0) is 20.3. The first kappa shape index (κ1) is 20.3. The molecule has 1 saturated carbocycles. The zero-order valence-electron chi connectivity index (χ0n) is 16.0. The second-order valence-electron chi connectivity index (χ2n) is 7.46. The summed E-state index contributed by atoms with van der Waals surface area (Å²) in [6.07, 6.45) is 3.22. The first-order chi connectivity index (χ1) is 13.3. The predicted octanol–water partition coefficient (Wildman–Crippen LogP) is 4.18. The van der Waals surface area contributed by atoms with E-state index in [1.54, 1.807) is 6.07 Å². The number of hydrogen-bond donors (Lipinski definition) is 2. The summed E-state index contributed by atoms with van der Waals surface area (Å²) in [4.78, 5) is 12.5. The number of amides is 1. The Morgan fingerprint density at radius 1 is 1.04 bits per heavy atom. The van der Waals surface area contributed by atoms with Gasteiger partial charge in [-0.25, -0.2) is 12.8 Å². The maximum Gasteiger partial charge on any atom is 0.261 e. The molecule has 5 nitrogen and oxygen atoms in total. The Labute approximate surface area is 165 Å². The van der Waals surface area contributed by atoms with Crippen LogP contribution in [0.1, 0.15) is 43.5 Å². The van der Waals surface area contributed by atoms with Crippen LogP contribution < -0.4 is 10.0 Å². The lowest BCUT2D eigenvalue weighted by Gasteiger charge is -2.34. The maximum atomic E-state index is 13.7. The van der Waals surface area contributed by atoms with Gasteiger partial charge in [0.15, 0.2) is 0 Å². The maximum absolute atomic E-state index is 13.7. The van der Waals surface area contributed by atoms with Gasteiger partial charge in [0.05, 0.1) is 10.6 Å². The van der Waals surface area contributed by atoms with Crippen molar-refractivity contribution in [3.05, 3.63) is 59.9 Å². The van der Waals surface area contributed by atoms with Crippen molar-refractivity contribution in [2.24, 2.45) is 11.8 Å². The number of rotatable bonds is 5. The molecule has 2 aromatic carbocycles. The molecule has 1 aliphatic carbocycles. The topological polar surface area (TPSA) is 75.3 Å². The van der Waals surface area contributed by atoms with Gasteiger partial charge in [-0.15, -0.1) is 0 Å². The Balaban J connectivity index is 1.70. The van der Waals surface area contributed by atoms with Crippen molar-refractivity contribution in [1.82, 2.24) is 5.32 Å². The Hall–Kier alpha value is -2.41. The van der Waals surface area contributed by atoms with Crippen molar-refractivity contribution < 1.29 is 17.6 Å². The number of benzene rings is 2. The normalized spacial score (nSPS) is 22.5. The van der Waals surface area contributed by atoms with Gasteiger partial charge >= 0.3 is 0 Å². The number of hydrogen-bond acceptors (Lipinski definition) is 3. The van der Waals surface area contributed by atoms with Crippen LogP contribution in [0, 0.1) is 17.7 Å². The van der Waals surface area contributed by atoms with Crippen molar-refractivity contribution in [2.75, 3.05) is 4.72 Å². The molecule has 0 aromatic heterocycles. The molecule has 2 aromatic rings. The fraction of sp³-hybridized carbons (Fsp3) is 0.381. The van der Waals surface area contributed by atoms with Gasteiger partial charge < -0.3 is 5.32 Å². The van der Waals surface area contributed by atoms with E-state index in [9.17, 15) is 17.6 Å². The van der Waals surface area contributed by atoms with E-state index >= 15 is 0 Å². The van der Waals surface area contributed by atoms with Gasteiger partial charge in [0.1, 0.15) is 5.82 Å². The van der Waals surface area contributed by atoms with Gasteiger partial charge in [0.25, 0.3) is 15.9 Å². The van der Waals surface area contributed by atoms with E-state index in [4.69, 9.17) is 0 Å². The largest absolute Gasteiger partial charge is 0.349 e. The third kappa shape index (κ3) is 4.52. The van der Waals surface area contributed by atoms with Gasteiger partial charge in [0.2, 0.25) is 0 Å². The van der Waals surface area contributed by atoms with Crippen LogP contribution in [0.5, 0.6) is 0 Å². The first-order valence-electron chi connectivity index (χ1n) is 9.46. The van der Waals surface area contributed by atoms with E-state index in [2.05, 4.69) is 23.9 Å². The lowest BCUT2D eigenvalue weighted by molar-refractivity contribution is 0.0891. The van der Waals surface area contributed by atoms with Gasteiger partial charge in [-0.2, -0.15) is 0 Å². The minimum Gasteiger partial charge on any atom is -0.349 e. The van der Waals surface area contributed by atoms with Crippen molar-refractivity contribution in [3.8, 4) is 0 Å². The Kier molecular flexibility index (Phi) is 6.03. The highest BCUT2D eigenvalue weighted by Crippen LogP contribution is 2.29. The lowest BCUT2D eigenvalue weighted by Crippen LogP contribution is -2.43. The summed E-state index contributed by atoms with van der Waals surface area (Å²) in [6.45, 7) is 4.35. The summed E-state index contributed by atoms with van der Waals surface area (Å²) in [5, 5.41) is 3.07. The molecule has 28 heavy (non-hydrogen) atoms. The monoisotopic (exact) mass is 404 g/mol. The molecule has 150 valence electrons. The number of sulfonamides is 1. The highest BCUT2D eigenvalue weighted by molar-refractivity contribution is 7.92. The fourth-order valence-corrected chi connectivity index (χ4v) is 4.64. The Morgan fingerprint density at radius 2 is 1.71 bits per heavy atom. The van der Waals surface area contributed by atoms with Crippen LogP contribution in [-0.4, -0.2) is 20.4 Å². The average Bonchev–Trinajstić information content (AvgIpc) is 2.67. The molecule has 0 bridgehead atoms. The molecular formula is C21H25FN2O3S. The van der Waals surface area contributed by atoms with E-state index < -0.39 is 15.8 Å². The highest BCUT2D eigenvalue weighted by atomic mass is 32.2. The number of halogens is 1. The van der Waals surface area contributed by atoms with E-state index in [-0.39, 0.29) is 22.5 Å². The number of anilines is 1. The second kappa shape index (κ2) is 8.31. The first-order valence-corrected chi connectivity index (χ1v) is 10.9. The molecule has 0 spiro atoms. The predicted molar refractivity (Wildman–Crippen MR) is 107 cm³/mol. The number of carbonyl (C=O) groups excluding carboxylic acids is 1. The number of para-hydroxylation sites is 1. The Morgan fingerprint density at radius 3 is 2.39 bits per heavy atom. The van der Waals surface area contributed by atoms with Crippen LogP contribution in [0.25, 0.3) is 0 Å². The van der Waals surface area contributed by atoms with E-state index in [1.165, 1.54) is 48.9 Å². The second-order valence-corrected chi connectivity index (χ2v) is 9.14. The molecule has 7 heteroatoms. The van der Waals surface area contributed by atoms with Crippen LogP contribution in [0.15, 0.2) is 53.4 Å². The molecule has 3 rings (SSSR count). The molecule has 1 amide bonds. The van der Waals surface area contributed by atoms with Crippen molar-refractivity contribution in [1.29, 1.82) is 0 Å². The summed E-state index contributed by atoms with van der Waals surface area (Å²) < 4.78 is 40.8. The third-order valence-corrected chi connectivity index (χ3v) is 6.95. The molecule has 1 fully saturated rings. The highest BCUT2D eigenvalue weighted by Gasteiger charge is 2.28. The number of carbonyl (C=O) groups is 1. The molecule has 3 atom stereocenters. The smallest absolute Gasteiger partial charge is 0.261 e. The summed E-state index contributed by atoms with van der Waals surface area (Å²) in [5.41, 5.74) is 0.278. The lowest BCUT2D eigenvalue weighted by atomic mass is 9.78. The number of nitrogens with one attached hydrogen (secondary N) is 2. The summed E-state index contributed by atoms with van der Waals surface area (Å²) in [5.74, 6) is 0.105. The average molecular weight is 405 g/mol. The molecular weight excluding hydrogens is 379 g/mol. The van der Waals surface area contributed by atoms with Crippen molar-refractivity contribution >= 4 is 21.6 Å². The minimum absolute atomic E-state index is 0.0352. The molecule has 0 saturated heterocycles. The third-order valence-electron chi connectivity index (χ3n) is 5.57. The quantitative estimate of drug-likeness (QED) is 0.785. The standard InChI is InChI=1S/C21H25FN2O3S/c1-14-6-5-9-19(15(14)2)23-21(25)16-10-12-17(13-11-16)28(26,27)24-20-8-4-3-7-18(20)22/h3-4,7-8,10-15,19,24H,5-6,9H2,1-2H3,(H,23,25)/t14-,15+,19+/m0/s1. The van der Waals surface area contributed by atoms with E-state index in [1.807, 2.05) is 0 Å². The van der Waals surface area contributed by atoms with Gasteiger partial charge in [-0.05, 0) is 54.7 Å². The minimum atomic E-state index is -3.94. The van der Waals surface area contributed by atoms with Crippen molar-refractivity contribution in [2.45, 2.75) is 44.0 Å². The molecule has 0 aliphatic heterocycles.